The third-order valence-corrected chi connectivity index (χ3v) is 3.23. The quantitative estimate of drug-likeness (QED) is 0.849. The van der Waals surface area contributed by atoms with Crippen molar-refractivity contribution in [2.75, 3.05) is 6.61 Å². The number of benzene rings is 1. The van der Waals surface area contributed by atoms with Gasteiger partial charge in [0.2, 0.25) is 0 Å². The monoisotopic (exact) mass is 236 g/mol. The van der Waals surface area contributed by atoms with Crippen molar-refractivity contribution in [3.63, 3.8) is 0 Å². The molecule has 0 aliphatic carbocycles. The first kappa shape index (κ1) is 14.0. The highest BCUT2D eigenvalue weighted by Gasteiger charge is 2.09. The van der Waals surface area contributed by atoms with Gasteiger partial charge in [-0.2, -0.15) is 0 Å². The van der Waals surface area contributed by atoms with E-state index in [9.17, 15) is 5.11 Å². The highest BCUT2D eigenvalue weighted by molar-refractivity contribution is 5.40. The van der Waals surface area contributed by atoms with Crippen molar-refractivity contribution in [2.45, 2.75) is 47.1 Å². The molecule has 0 fully saturated rings. The summed E-state index contributed by atoms with van der Waals surface area (Å²) in [7, 11) is 0. The molecule has 0 aromatic heterocycles. The first-order valence-electron chi connectivity index (χ1n) is 6.30. The zero-order valence-electron chi connectivity index (χ0n) is 11.6. The second-order valence-corrected chi connectivity index (χ2v) is 5.15. The Morgan fingerprint density at radius 2 is 1.65 bits per heavy atom. The van der Waals surface area contributed by atoms with Crippen molar-refractivity contribution in [1.29, 1.82) is 0 Å². The molecule has 0 saturated carbocycles. The number of hydrogen-bond acceptors (Lipinski definition) is 2. The molecule has 1 atom stereocenters. The van der Waals surface area contributed by atoms with E-state index in [1.54, 1.807) is 0 Å². The van der Waals surface area contributed by atoms with E-state index in [-0.39, 0.29) is 6.10 Å². The molecule has 0 aliphatic heterocycles. The van der Waals surface area contributed by atoms with Crippen LogP contribution in [0.3, 0.4) is 0 Å². The fourth-order valence-electron chi connectivity index (χ4n) is 1.71. The van der Waals surface area contributed by atoms with Crippen LogP contribution in [0.4, 0.5) is 0 Å². The van der Waals surface area contributed by atoms with Crippen LogP contribution in [0.5, 0.6) is 5.75 Å². The minimum atomic E-state index is -0.276. The van der Waals surface area contributed by atoms with E-state index in [1.807, 2.05) is 13.8 Å². The molecule has 1 N–H and O–H groups in total. The van der Waals surface area contributed by atoms with Crippen molar-refractivity contribution >= 4 is 0 Å². The summed E-state index contributed by atoms with van der Waals surface area (Å²) in [5, 5.41) is 9.69. The number of hydrogen-bond donors (Lipinski definition) is 1. The third-order valence-electron chi connectivity index (χ3n) is 3.23. The van der Waals surface area contributed by atoms with Crippen molar-refractivity contribution in [3.05, 3.63) is 28.8 Å². The van der Waals surface area contributed by atoms with E-state index in [0.717, 1.165) is 11.3 Å². The fourth-order valence-corrected chi connectivity index (χ4v) is 1.71. The van der Waals surface area contributed by atoms with E-state index in [4.69, 9.17) is 4.74 Å². The van der Waals surface area contributed by atoms with Crippen molar-refractivity contribution in [3.8, 4) is 5.75 Å². The first-order valence-corrected chi connectivity index (χ1v) is 6.30. The zero-order valence-corrected chi connectivity index (χ0v) is 11.6. The van der Waals surface area contributed by atoms with Gasteiger partial charge in [0.1, 0.15) is 5.75 Å². The minimum Gasteiger partial charge on any atom is -0.493 e. The van der Waals surface area contributed by atoms with Crippen LogP contribution in [-0.2, 0) is 0 Å². The molecule has 0 spiro atoms. The van der Waals surface area contributed by atoms with Crippen molar-refractivity contribution in [2.24, 2.45) is 5.92 Å². The molecule has 0 saturated heterocycles. The predicted octanol–water partition coefficient (Wildman–Crippen LogP) is 3.40. The van der Waals surface area contributed by atoms with Crippen LogP contribution in [0.2, 0.25) is 0 Å². The highest BCUT2D eigenvalue weighted by Crippen LogP contribution is 2.22. The number of rotatable bonds is 5. The number of ether oxygens (including phenoxy) is 1. The van der Waals surface area contributed by atoms with Gasteiger partial charge in [0.15, 0.2) is 0 Å². The Kier molecular flexibility index (Phi) is 5.01. The molecule has 2 heteroatoms. The Labute approximate surface area is 105 Å². The van der Waals surface area contributed by atoms with Gasteiger partial charge < -0.3 is 9.84 Å². The summed E-state index contributed by atoms with van der Waals surface area (Å²) < 4.78 is 5.73. The molecular weight excluding hydrogens is 212 g/mol. The van der Waals surface area contributed by atoms with Gasteiger partial charge in [-0.3, -0.25) is 0 Å². The SMILES string of the molecule is Cc1cc(C)c(OCCC(O)C(C)C)cc1C. The second-order valence-electron chi connectivity index (χ2n) is 5.15. The van der Waals surface area contributed by atoms with Gasteiger partial charge in [0.25, 0.3) is 0 Å². The fraction of sp³-hybridized carbons (Fsp3) is 0.600. The minimum absolute atomic E-state index is 0.276. The topological polar surface area (TPSA) is 29.5 Å². The van der Waals surface area contributed by atoms with Crippen LogP contribution >= 0.6 is 0 Å². The summed E-state index contributed by atoms with van der Waals surface area (Å²) in [5.41, 5.74) is 3.69. The Morgan fingerprint density at radius 3 is 2.24 bits per heavy atom. The number of aryl methyl sites for hydroxylation is 3. The molecule has 0 bridgehead atoms. The van der Waals surface area contributed by atoms with E-state index >= 15 is 0 Å². The van der Waals surface area contributed by atoms with Crippen LogP contribution in [0.15, 0.2) is 12.1 Å². The molecular formula is C15H24O2. The lowest BCUT2D eigenvalue weighted by atomic mass is 10.0. The lowest BCUT2D eigenvalue weighted by Gasteiger charge is -2.16. The molecule has 0 aliphatic rings. The zero-order chi connectivity index (χ0) is 13.0. The average Bonchev–Trinajstić information content (AvgIpc) is 2.25. The Balaban J connectivity index is 2.55. The van der Waals surface area contributed by atoms with Gasteiger partial charge in [-0.1, -0.05) is 19.9 Å². The second kappa shape index (κ2) is 6.06. The Morgan fingerprint density at radius 1 is 1.06 bits per heavy atom. The predicted molar refractivity (Wildman–Crippen MR) is 71.6 cm³/mol. The molecule has 1 aromatic rings. The summed E-state index contributed by atoms with van der Waals surface area (Å²) in [6.07, 6.45) is 0.408. The molecule has 0 radical (unpaired) electrons. The molecule has 1 unspecified atom stereocenters. The van der Waals surface area contributed by atoms with Gasteiger partial charge in [-0.05, 0) is 49.4 Å². The summed E-state index contributed by atoms with van der Waals surface area (Å²) in [6, 6.07) is 4.22. The maximum absolute atomic E-state index is 9.69. The Bertz CT molecular complexity index is 369. The van der Waals surface area contributed by atoms with Gasteiger partial charge in [-0.15, -0.1) is 0 Å². The Hall–Kier alpha value is -1.02. The first-order chi connectivity index (χ1) is 7.91. The number of aliphatic hydroxyl groups excluding tert-OH is 1. The molecule has 96 valence electrons. The molecule has 0 amide bonds. The van der Waals surface area contributed by atoms with E-state index in [1.165, 1.54) is 11.1 Å². The molecule has 1 aromatic carbocycles. The summed E-state index contributed by atoms with van der Waals surface area (Å²) in [5.74, 6) is 1.23. The summed E-state index contributed by atoms with van der Waals surface area (Å²) in [6.45, 7) is 10.9. The van der Waals surface area contributed by atoms with Gasteiger partial charge in [0.05, 0.1) is 12.7 Å². The van der Waals surface area contributed by atoms with Crippen molar-refractivity contribution < 1.29 is 9.84 Å². The number of aliphatic hydroxyl groups is 1. The summed E-state index contributed by atoms with van der Waals surface area (Å²) in [4.78, 5) is 0. The van der Waals surface area contributed by atoms with Gasteiger partial charge in [-0.25, -0.2) is 0 Å². The van der Waals surface area contributed by atoms with Crippen LogP contribution in [0.25, 0.3) is 0 Å². The van der Waals surface area contributed by atoms with Crippen LogP contribution in [0.1, 0.15) is 37.0 Å². The molecule has 17 heavy (non-hydrogen) atoms. The molecule has 2 nitrogen and oxygen atoms in total. The largest absolute Gasteiger partial charge is 0.493 e. The lowest BCUT2D eigenvalue weighted by Crippen LogP contribution is -2.18. The van der Waals surface area contributed by atoms with Crippen LogP contribution < -0.4 is 4.74 Å². The van der Waals surface area contributed by atoms with E-state index in [2.05, 4.69) is 32.9 Å². The van der Waals surface area contributed by atoms with Crippen LogP contribution in [-0.4, -0.2) is 17.8 Å². The van der Waals surface area contributed by atoms with Crippen LogP contribution in [0, 0.1) is 26.7 Å². The van der Waals surface area contributed by atoms with Gasteiger partial charge >= 0.3 is 0 Å². The van der Waals surface area contributed by atoms with E-state index < -0.39 is 0 Å². The van der Waals surface area contributed by atoms with E-state index in [0.29, 0.717) is 18.9 Å². The highest BCUT2D eigenvalue weighted by atomic mass is 16.5. The molecule has 1 rings (SSSR count). The maximum Gasteiger partial charge on any atom is 0.122 e. The lowest BCUT2D eigenvalue weighted by molar-refractivity contribution is 0.0975. The smallest absolute Gasteiger partial charge is 0.122 e. The normalized spacial score (nSPS) is 12.9. The molecule has 0 heterocycles. The third kappa shape index (κ3) is 4.04. The summed E-state index contributed by atoms with van der Waals surface area (Å²) >= 11 is 0. The van der Waals surface area contributed by atoms with Gasteiger partial charge in [0, 0.05) is 6.42 Å². The van der Waals surface area contributed by atoms with Crippen molar-refractivity contribution in [1.82, 2.24) is 0 Å². The average molecular weight is 236 g/mol. The standard InChI is InChI=1S/C15H24O2/c1-10(2)14(16)6-7-17-15-9-12(4)11(3)8-13(15)5/h8-10,14,16H,6-7H2,1-5H3. The maximum atomic E-state index is 9.69.